The summed E-state index contributed by atoms with van der Waals surface area (Å²) >= 11 is 0. The summed E-state index contributed by atoms with van der Waals surface area (Å²) in [5.41, 5.74) is -1.27. The molecular formula is C29H55NO10. The van der Waals surface area contributed by atoms with Gasteiger partial charge in [-0.05, 0) is 80.1 Å². The van der Waals surface area contributed by atoms with Crippen LogP contribution in [0.2, 0.25) is 0 Å². The molecule has 0 aromatic heterocycles. The SMILES string of the molecule is CC(C)(C)OC(=O)NC(=O)OC(C)(C)C.CC(C)CO.CCCOC(=O)OC1CCCCC(C)C(=O)OC(C)C1. The van der Waals surface area contributed by atoms with E-state index >= 15 is 0 Å². The number of aliphatic hydroxyl groups excluding tert-OH is 1. The van der Waals surface area contributed by atoms with Gasteiger partial charge in [0, 0.05) is 13.0 Å². The van der Waals surface area contributed by atoms with E-state index in [4.69, 9.17) is 28.8 Å². The van der Waals surface area contributed by atoms with Crippen LogP contribution in [0, 0.1) is 11.8 Å². The number of aliphatic hydroxyl groups is 1. The molecule has 0 spiro atoms. The Hall–Kier alpha value is -2.56. The van der Waals surface area contributed by atoms with Gasteiger partial charge in [0.25, 0.3) is 0 Å². The molecule has 1 aliphatic heterocycles. The Morgan fingerprint density at radius 3 is 1.88 bits per heavy atom. The van der Waals surface area contributed by atoms with Crippen LogP contribution in [0.15, 0.2) is 0 Å². The van der Waals surface area contributed by atoms with Crippen LogP contribution >= 0.6 is 0 Å². The third-order valence-electron chi connectivity index (χ3n) is 4.78. The molecule has 3 unspecified atom stereocenters. The monoisotopic (exact) mass is 577 g/mol. The van der Waals surface area contributed by atoms with Gasteiger partial charge in [0.1, 0.15) is 23.4 Å². The van der Waals surface area contributed by atoms with Crippen molar-refractivity contribution in [2.75, 3.05) is 13.2 Å². The minimum atomic E-state index is -0.809. The van der Waals surface area contributed by atoms with Gasteiger partial charge < -0.3 is 28.8 Å². The van der Waals surface area contributed by atoms with Gasteiger partial charge in [0.2, 0.25) is 0 Å². The molecule has 1 rings (SSSR count). The molecule has 0 radical (unpaired) electrons. The van der Waals surface area contributed by atoms with E-state index in [9.17, 15) is 19.2 Å². The molecule has 11 nitrogen and oxygen atoms in total. The Kier molecular flexibility index (Phi) is 20.1. The smallest absolute Gasteiger partial charge is 0.462 e. The molecule has 1 heterocycles. The van der Waals surface area contributed by atoms with Crippen LogP contribution in [0.4, 0.5) is 14.4 Å². The van der Waals surface area contributed by atoms with Crippen molar-refractivity contribution in [2.24, 2.45) is 11.8 Å². The van der Waals surface area contributed by atoms with Crippen LogP contribution in [0.3, 0.4) is 0 Å². The van der Waals surface area contributed by atoms with Crippen molar-refractivity contribution in [1.29, 1.82) is 0 Å². The molecule has 0 aromatic rings. The van der Waals surface area contributed by atoms with Gasteiger partial charge >= 0.3 is 24.3 Å². The fourth-order valence-corrected chi connectivity index (χ4v) is 2.94. The van der Waals surface area contributed by atoms with Crippen molar-refractivity contribution >= 4 is 24.3 Å². The molecule has 0 bridgehead atoms. The highest BCUT2D eigenvalue weighted by atomic mass is 16.7. The molecule has 1 saturated heterocycles. The van der Waals surface area contributed by atoms with E-state index in [2.05, 4.69) is 0 Å². The molecular weight excluding hydrogens is 522 g/mol. The number of carbonyl (C=O) groups is 4. The maximum atomic E-state index is 11.8. The van der Waals surface area contributed by atoms with Crippen LogP contribution in [0.5, 0.6) is 0 Å². The van der Waals surface area contributed by atoms with Gasteiger partial charge in [-0.25, -0.2) is 19.7 Å². The number of hydrogen-bond acceptors (Lipinski definition) is 10. The van der Waals surface area contributed by atoms with Gasteiger partial charge in [0.05, 0.1) is 12.5 Å². The minimum absolute atomic E-state index is 0.0514. The Morgan fingerprint density at radius 2 is 1.45 bits per heavy atom. The fourth-order valence-electron chi connectivity index (χ4n) is 2.94. The predicted octanol–water partition coefficient (Wildman–Crippen LogP) is 6.53. The Labute approximate surface area is 241 Å². The predicted molar refractivity (Wildman–Crippen MR) is 152 cm³/mol. The number of hydrogen-bond donors (Lipinski definition) is 2. The van der Waals surface area contributed by atoms with Gasteiger partial charge in [0.15, 0.2) is 0 Å². The highest BCUT2D eigenvalue weighted by Gasteiger charge is 2.25. The zero-order valence-electron chi connectivity index (χ0n) is 26.6. The molecule has 1 fully saturated rings. The Bertz CT molecular complexity index is 714. The molecule has 40 heavy (non-hydrogen) atoms. The minimum Gasteiger partial charge on any atom is -0.462 e. The topological polar surface area (TPSA) is 147 Å². The number of carbonyl (C=O) groups excluding carboxylic acids is 4. The van der Waals surface area contributed by atoms with Crippen molar-refractivity contribution in [3.8, 4) is 0 Å². The molecule has 2 amide bonds. The van der Waals surface area contributed by atoms with E-state index in [0.717, 1.165) is 32.1 Å². The van der Waals surface area contributed by atoms with Gasteiger partial charge in [-0.15, -0.1) is 0 Å². The number of esters is 1. The number of cyclic esters (lactones) is 1. The summed E-state index contributed by atoms with van der Waals surface area (Å²) in [5, 5.41) is 10.1. The van der Waals surface area contributed by atoms with Crippen LogP contribution in [0.1, 0.15) is 115 Å². The average molecular weight is 578 g/mol. The number of amides is 2. The van der Waals surface area contributed by atoms with E-state index in [1.807, 2.05) is 39.9 Å². The molecule has 11 heteroatoms. The first kappa shape index (κ1) is 39.6. The number of rotatable bonds is 4. The summed E-state index contributed by atoms with van der Waals surface area (Å²) in [6.07, 6.45) is 2.06. The molecule has 236 valence electrons. The average Bonchev–Trinajstić information content (AvgIpc) is 2.77. The summed E-state index contributed by atoms with van der Waals surface area (Å²) in [5.74, 6) is 0.228. The number of alkyl carbamates (subject to hydrolysis) is 2. The largest absolute Gasteiger partial charge is 0.508 e. The lowest BCUT2D eigenvalue weighted by Gasteiger charge is -2.24. The molecule has 0 aromatic carbocycles. The summed E-state index contributed by atoms with van der Waals surface area (Å²) < 4.78 is 25.3. The number of ether oxygens (including phenoxy) is 5. The van der Waals surface area contributed by atoms with E-state index in [0.29, 0.717) is 25.6 Å². The van der Waals surface area contributed by atoms with E-state index in [1.54, 1.807) is 41.5 Å². The van der Waals surface area contributed by atoms with Crippen molar-refractivity contribution in [3.63, 3.8) is 0 Å². The van der Waals surface area contributed by atoms with Crippen molar-refractivity contribution in [2.45, 2.75) is 138 Å². The number of nitrogens with one attached hydrogen (secondary N) is 1. The quantitative estimate of drug-likeness (QED) is 0.279. The lowest BCUT2D eigenvalue weighted by atomic mass is 9.99. The summed E-state index contributed by atoms with van der Waals surface area (Å²) in [6, 6.07) is 0. The van der Waals surface area contributed by atoms with Crippen molar-refractivity contribution in [1.82, 2.24) is 5.32 Å². The first-order valence-corrected chi connectivity index (χ1v) is 14.2. The molecule has 0 saturated carbocycles. The summed E-state index contributed by atoms with van der Waals surface area (Å²) in [4.78, 5) is 45.5. The Balaban J connectivity index is 0. The maximum absolute atomic E-state index is 11.8. The van der Waals surface area contributed by atoms with Crippen LogP contribution in [-0.2, 0) is 28.5 Å². The first-order valence-electron chi connectivity index (χ1n) is 14.2. The molecule has 3 atom stereocenters. The lowest BCUT2D eigenvalue weighted by Crippen LogP contribution is -2.39. The zero-order valence-corrected chi connectivity index (χ0v) is 26.6. The Morgan fingerprint density at radius 1 is 0.975 bits per heavy atom. The maximum Gasteiger partial charge on any atom is 0.508 e. The van der Waals surface area contributed by atoms with E-state index in [1.165, 1.54) is 0 Å². The molecule has 1 aliphatic rings. The van der Waals surface area contributed by atoms with E-state index < -0.39 is 29.5 Å². The second kappa shape index (κ2) is 20.3. The van der Waals surface area contributed by atoms with E-state index in [-0.39, 0.29) is 24.1 Å². The van der Waals surface area contributed by atoms with Gasteiger partial charge in [-0.3, -0.25) is 4.79 Å². The first-order chi connectivity index (χ1) is 18.3. The second-order valence-corrected chi connectivity index (χ2v) is 12.2. The number of imide groups is 1. The summed E-state index contributed by atoms with van der Waals surface area (Å²) in [6.45, 7) is 20.5. The highest BCUT2D eigenvalue weighted by Crippen LogP contribution is 2.21. The standard InChI is InChI=1S/C15H26O5.C10H19NO4.C4H10O/c1-4-9-18-15(17)20-13-8-6-5-7-11(2)14(16)19-12(3)10-13;1-9(2,3)14-7(12)11-8(13)15-10(4,5)6;1-4(2)3-5/h11-13H,4-10H2,1-3H3;1-6H3,(H,11,12,13);4-5H,3H2,1-2H3. The second-order valence-electron chi connectivity index (χ2n) is 12.2. The van der Waals surface area contributed by atoms with Crippen LogP contribution in [0.25, 0.3) is 0 Å². The summed E-state index contributed by atoms with van der Waals surface area (Å²) in [7, 11) is 0. The van der Waals surface area contributed by atoms with Gasteiger partial charge in [-0.2, -0.15) is 0 Å². The van der Waals surface area contributed by atoms with Crippen molar-refractivity contribution < 1.29 is 48.0 Å². The van der Waals surface area contributed by atoms with Crippen LogP contribution in [-0.4, -0.2) is 66.0 Å². The highest BCUT2D eigenvalue weighted by molar-refractivity contribution is 5.87. The molecule has 2 N–H and O–H groups in total. The fraction of sp³-hybridized carbons (Fsp3) is 0.862. The molecule has 0 aliphatic carbocycles. The van der Waals surface area contributed by atoms with Crippen molar-refractivity contribution in [3.05, 3.63) is 0 Å². The van der Waals surface area contributed by atoms with Crippen LogP contribution < -0.4 is 5.32 Å². The third kappa shape index (κ3) is 25.7. The third-order valence-corrected chi connectivity index (χ3v) is 4.78. The normalized spacial score (nSPS) is 19.8. The van der Waals surface area contributed by atoms with Gasteiger partial charge in [-0.1, -0.05) is 34.1 Å². The lowest BCUT2D eigenvalue weighted by molar-refractivity contribution is -0.154. The zero-order chi connectivity index (χ0) is 31.5.